The van der Waals surface area contributed by atoms with E-state index in [1.165, 1.54) is 14.2 Å². The fourth-order valence-corrected chi connectivity index (χ4v) is 2.79. The number of rotatable bonds is 5. The number of fused-ring (bicyclic) bond motifs is 1. The van der Waals surface area contributed by atoms with E-state index in [0.717, 1.165) is 24.2 Å². The Kier molecular flexibility index (Phi) is 4.57. The van der Waals surface area contributed by atoms with Crippen LogP contribution in [-0.4, -0.2) is 44.0 Å². The van der Waals surface area contributed by atoms with Crippen molar-refractivity contribution in [2.45, 2.75) is 13.0 Å². The first-order chi connectivity index (χ1) is 11.7. The van der Waals surface area contributed by atoms with Crippen molar-refractivity contribution in [2.75, 3.05) is 33.2 Å². The lowest BCUT2D eigenvalue weighted by atomic mass is 10.1. The number of nitrogens with one attached hydrogen (secondary N) is 3. The highest BCUT2D eigenvalue weighted by Gasteiger charge is 2.23. The minimum absolute atomic E-state index is 0.304. The quantitative estimate of drug-likeness (QED) is 0.764. The Balaban J connectivity index is 1.91. The maximum absolute atomic E-state index is 12.6. The lowest BCUT2D eigenvalue weighted by molar-refractivity contribution is 0.102. The van der Waals surface area contributed by atoms with Crippen LogP contribution in [0.4, 0.5) is 5.69 Å². The van der Waals surface area contributed by atoms with Gasteiger partial charge < -0.3 is 24.8 Å². The smallest absolute Gasteiger partial charge is 0.276 e. The van der Waals surface area contributed by atoms with Crippen LogP contribution in [0.1, 0.15) is 21.7 Å². The van der Waals surface area contributed by atoms with Crippen LogP contribution < -0.4 is 24.8 Å². The summed E-state index contributed by atoms with van der Waals surface area (Å²) >= 11 is 0. The van der Waals surface area contributed by atoms with Crippen LogP contribution in [0.3, 0.4) is 0 Å². The minimum Gasteiger partial charge on any atom is -0.493 e. The Hall–Kier alpha value is -2.74. The molecule has 24 heavy (non-hydrogen) atoms. The third-order valence-corrected chi connectivity index (χ3v) is 3.97. The summed E-state index contributed by atoms with van der Waals surface area (Å²) in [5, 5.41) is 13.2. The molecule has 0 saturated heterocycles. The van der Waals surface area contributed by atoms with E-state index >= 15 is 0 Å². The van der Waals surface area contributed by atoms with Crippen LogP contribution in [0.25, 0.3) is 0 Å². The highest BCUT2D eigenvalue weighted by Crippen LogP contribution is 2.42. The summed E-state index contributed by atoms with van der Waals surface area (Å²) in [5.41, 5.74) is 2.77. The van der Waals surface area contributed by atoms with Gasteiger partial charge in [0.25, 0.3) is 5.91 Å². The van der Waals surface area contributed by atoms with Crippen LogP contribution in [0.5, 0.6) is 17.2 Å². The first kappa shape index (κ1) is 16.1. The van der Waals surface area contributed by atoms with Crippen molar-refractivity contribution in [1.82, 2.24) is 15.5 Å². The molecule has 0 fully saturated rings. The molecule has 0 radical (unpaired) electrons. The number of H-pyrrole nitrogens is 1. The van der Waals surface area contributed by atoms with Crippen molar-refractivity contribution in [3.63, 3.8) is 0 Å². The van der Waals surface area contributed by atoms with Gasteiger partial charge in [-0.2, -0.15) is 5.10 Å². The number of hydrogen-bond donors (Lipinski definition) is 3. The number of benzene rings is 1. The number of anilines is 1. The van der Waals surface area contributed by atoms with E-state index in [1.807, 2.05) is 0 Å². The molecular weight excluding hydrogens is 312 g/mol. The Morgan fingerprint density at radius 3 is 2.67 bits per heavy atom. The summed E-state index contributed by atoms with van der Waals surface area (Å²) in [5.74, 6) is 1.03. The zero-order chi connectivity index (χ0) is 17.1. The first-order valence-corrected chi connectivity index (χ1v) is 7.56. The molecule has 0 bridgehead atoms. The normalized spacial score (nSPS) is 13.1. The van der Waals surface area contributed by atoms with E-state index in [2.05, 4.69) is 20.8 Å². The molecule has 0 spiro atoms. The Morgan fingerprint density at radius 1 is 1.17 bits per heavy atom. The van der Waals surface area contributed by atoms with E-state index in [0.29, 0.717) is 35.2 Å². The molecular formula is C16H20N4O4. The van der Waals surface area contributed by atoms with E-state index in [4.69, 9.17) is 14.2 Å². The molecule has 3 N–H and O–H groups in total. The van der Waals surface area contributed by atoms with Gasteiger partial charge in [0.1, 0.15) is 0 Å². The number of nitrogens with zero attached hydrogens (tertiary/aromatic N) is 1. The molecule has 1 aliphatic heterocycles. The second-order valence-corrected chi connectivity index (χ2v) is 5.29. The molecule has 0 atom stereocenters. The van der Waals surface area contributed by atoms with Gasteiger partial charge in [0.05, 0.1) is 27.0 Å². The monoisotopic (exact) mass is 332 g/mol. The summed E-state index contributed by atoms with van der Waals surface area (Å²) in [6.07, 6.45) is 0.829. The molecule has 0 saturated carbocycles. The molecule has 8 heteroatoms. The van der Waals surface area contributed by atoms with Gasteiger partial charge in [-0.1, -0.05) is 0 Å². The highest BCUT2D eigenvalue weighted by atomic mass is 16.5. The van der Waals surface area contributed by atoms with Crippen LogP contribution in [-0.2, 0) is 13.0 Å². The average molecular weight is 332 g/mol. The number of amides is 1. The van der Waals surface area contributed by atoms with E-state index < -0.39 is 0 Å². The number of aromatic nitrogens is 2. The molecule has 0 aliphatic carbocycles. The Morgan fingerprint density at radius 2 is 1.96 bits per heavy atom. The largest absolute Gasteiger partial charge is 0.493 e. The second kappa shape index (κ2) is 6.79. The number of carbonyl (C=O) groups is 1. The van der Waals surface area contributed by atoms with Crippen molar-refractivity contribution in [1.29, 1.82) is 0 Å². The first-order valence-electron chi connectivity index (χ1n) is 7.56. The molecule has 2 aromatic rings. The van der Waals surface area contributed by atoms with Crippen molar-refractivity contribution in [3.8, 4) is 17.2 Å². The fourth-order valence-electron chi connectivity index (χ4n) is 2.79. The summed E-state index contributed by atoms with van der Waals surface area (Å²) in [6, 6.07) is 3.41. The summed E-state index contributed by atoms with van der Waals surface area (Å²) in [6.45, 7) is 1.50. The fraction of sp³-hybridized carbons (Fsp3) is 0.375. The zero-order valence-electron chi connectivity index (χ0n) is 13.9. The van der Waals surface area contributed by atoms with E-state index in [9.17, 15) is 4.79 Å². The number of carbonyl (C=O) groups excluding carboxylic acids is 1. The van der Waals surface area contributed by atoms with Crippen LogP contribution in [0.2, 0.25) is 0 Å². The van der Waals surface area contributed by atoms with Gasteiger partial charge >= 0.3 is 0 Å². The summed E-state index contributed by atoms with van der Waals surface area (Å²) in [4.78, 5) is 12.6. The van der Waals surface area contributed by atoms with E-state index in [1.54, 1.807) is 19.2 Å². The van der Waals surface area contributed by atoms with Gasteiger partial charge in [-0.05, 0) is 12.1 Å². The lowest BCUT2D eigenvalue weighted by Crippen LogP contribution is -2.25. The van der Waals surface area contributed by atoms with Crippen molar-refractivity contribution < 1.29 is 19.0 Å². The average Bonchev–Trinajstić information content (AvgIpc) is 3.05. The predicted molar refractivity (Wildman–Crippen MR) is 88.0 cm³/mol. The van der Waals surface area contributed by atoms with Gasteiger partial charge in [0, 0.05) is 30.8 Å². The maximum atomic E-state index is 12.6. The maximum Gasteiger partial charge on any atom is 0.276 e. The molecule has 3 rings (SSSR count). The molecule has 1 aromatic heterocycles. The topological polar surface area (TPSA) is 97.5 Å². The zero-order valence-corrected chi connectivity index (χ0v) is 13.9. The van der Waals surface area contributed by atoms with Crippen LogP contribution >= 0.6 is 0 Å². The lowest BCUT2D eigenvalue weighted by Gasteiger charge is -2.16. The number of ether oxygens (including phenoxy) is 3. The van der Waals surface area contributed by atoms with Crippen molar-refractivity contribution in [3.05, 3.63) is 29.1 Å². The molecule has 2 heterocycles. The predicted octanol–water partition coefficient (Wildman–Crippen LogP) is 1.33. The Bertz CT molecular complexity index is 757. The standard InChI is InChI=1S/C16H20N4O4/c1-22-12-5-4-11(14(23-2)15(12)24-3)18-16(21)13-9-8-17-7-6-10(9)19-20-13/h4-5,17H,6-8H2,1-3H3,(H,18,21)(H,19,20). The van der Waals surface area contributed by atoms with Gasteiger partial charge in [-0.25, -0.2) is 0 Å². The molecule has 1 aliphatic rings. The minimum atomic E-state index is -0.304. The van der Waals surface area contributed by atoms with Crippen molar-refractivity contribution in [2.24, 2.45) is 0 Å². The van der Waals surface area contributed by atoms with Gasteiger partial charge in [-0.3, -0.25) is 9.89 Å². The number of aromatic amines is 1. The summed E-state index contributed by atoms with van der Waals surface area (Å²) in [7, 11) is 4.56. The third kappa shape index (κ3) is 2.76. The Labute approximate surface area is 139 Å². The van der Waals surface area contributed by atoms with E-state index in [-0.39, 0.29) is 5.91 Å². The molecule has 0 unspecified atom stereocenters. The summed E-state index contributed by atoms with van der Waals surface area (Å²) < 4.78 is 16.0. The van der Waals surface area contributed by atoms with Crippen molar-refractivity contribution >= 4 is 11.6 Å². The van der Waals surface area contributed by atoms with Gasteiger partial charge in [0.2, 0.25) is 5.75 Å². The van der Waals surface area contributed by atoms with Crippen LogP contribution in [0, 0.1) is 0 Å². The second-order valence-electron chi connectivity index (χ2n) is 5.29. The SMILES string of the molecule is COc1ccc(NC(=O)c2n[nH]c3c2CNCC3)c(OC)c1OC. The molecule has 1 aromatic carbocycles. The molecule has 8 nitrogen and oxygen atoms in total. The van der Waals surface area contributed by atoms with Crippen LogP contribution in [0.15, 0.2) is 12.1 Å². The number of methoxy groups -OCH3 is 3. The molecule has 1 amide bonds. The molecule has 128 valence electrons. The number of hydrogen-bond acceptors (Lipinski definition) is 6. The van der Waals surface area contributed by atoms with Gasteiger partial charge in [-0.15, -0.1) is 0 Å². The van der Waals surface area contributed by atoms with Gasteiger partial charge in [0.15, 0.2) is 17.2 Å². The third-order valence-electron chi connectivity index (χ3n) is 3.97. The highest BCUT2D eigenvalue weighted by molar-refractivity contribution is 6.05.